The van der Waals surface area contributed by atoms with Crippen molar-refractivity contribution in [3.05, 3.63) is 110 Å². The molecule has 9 nitrogen and oxygen atoms in total. The molecule has 11 heteroatoms. The standard InChI is InChI=1S/C28H21ClN4O5S/c1-17-21(20-6-2-5-9-24(20)31(17)15-18-10-12-19(13-11-18)33(37)38)14-25-27(35)32(28(36)39-25)16-26(34)30-23-8-4-3-7-22(23)29/h2-14H,15-16H2,1H3,(H,30,34)/b25-14+. The summed E-state index contributed by atoms with van der Waals surface area (Å²) in [6.07, 6.45) is 1.68. The van der Waals surface area contributed by atoms with Crippen molar-refractivity contribution in [3.63, 3.8) is 0 Å². The number of imide groups is 1. The summed E-state index contributed by atoms with van der Waals surface area (Å²) in [7, 11) is 0. The van der Waals surface area contributed by atoms with Gasteiger partial charge in [-0.2, -0.15) is 0 Å². The molecule has 2 heterocycles. The SMILES string of the molecule is Cc1c(/C=C2/SC(=O)N(CC(=O)Nc3ccccc3Cl)C2=O)c2ccccc2n1Cc1ccc([N+](=O)[O-])cc1. The number of nitrogens with zero attached hydrogens (tertiary/aromatic N) is 3. The number of benzene rings is 3. The molecule has 3 aromatic carbocycles. The fourth-order valence-corrected chi connectivity index (χ4v) is 5.42. The second-order valence-electron chi connectivity index (χ2n) is 8.82. The Balaban J connectivity index is 1.41. The number of carbonyl (C=O) groups is 3. The Morgan fingerprint density at radius 1 is 1.05 bits per heavy atom. The van der Waals surface area contributed by atoms with Gasteiger partial charge in [-0.3, -0.25) is 29.4 Å². The van der Waals surface area contributed by atoms with Crippen molar-refractivity contribution in [2.45, 2.75) is 13.5 Å². The zero-order valence-electron chi connectivity index (χ0n) is 20.6. The maximum Gasteiger partial charge on any atom is 0.294 e. The quantitative estimate of drug-likeness (QED) is 0.163. The summed E-state index contributed by atoms with van der Waals surface area (Å²) < 4.78 is 2.06. The third kappa shape index (κ3) is 5.29. The number of para-hydroxylation sites is 2. The molecule has 0 unspecified atom stereocenters. The highest BCUT2D eigenvalue weighted by atomic mass is 35.5. The first-order chi connectivity index (χ1) is 18.7. The summed E-state index contributed by atoms with van der Waals surface area (Å²) >= 11 is 6.87. The van der Waals surface area contributed by atoms with Gasteiger partial charge in [-0.15, -0.1) is 0 Å². The van der Waals surface area contributed by atoms with E-state index in [1.165, 1.54) is 12.1 Å². The topological polar surface area (TPSA) is 115 Å². The van der Waals surface area contributed by atoms with E-state index in [1.54, 1.807) is 42.5 Å². The number of hydrogen-bond acceptors (Lipinski definition) is 6. The Labute approximate surface area is 232 Å². The van der Waals surface area contributed by atoms with Crippen LogP contribution in [0.25, 0.3) is 17.0 Å². The molecule has 1 saturated heterocycles. The molecule has 4 aromatic rings. The number of amides is 3. The summed E-state index contributed by atoms with van der Waals surface area (Å²) in [5, 5.41) is 14.3. The van der Waals surface area contributed by atoms with Crippen molar-refractivity contribution in [2.24, 2.45) is 0 Å². The Kier molecular flexibility index (Phi) is 7.23. The molecule has 0 atom stereocenters. The zero-order chi connectivity index (χ0) is 27.7. The van der Waals surface area contributed by atoms with Gasteiger partial charge in [-0.25, -0.2) is 0 Å². The molecular formula is C28H21ClN4O5S. The summed E-state index contributed by atoms with van der Waals surface area (Å²) in [5.41, 5.74) is 3.84. The number of thioether (sulfide) groups is 1. The largest absolute Gasteiger partial charge is 0.340 e. The van der Waals surface area contributed by atoms with E-state index in [0.717, 1.165) is 44.4 Å². The van der Waals surface area contributed by atoms with Gasteiger partial charge in [-0.05, 0) is 48.5 Å². The lowest BCUT2D eigenvalue weighted by Gasteiger charge is -2.13. The molecule has 0 bridgehead atoms. The number of anilines is 1. The molecule has 0 radical (unpaired) electrons. The summed E-state index contributed by atoms with van der Waals surface area (Å²) in [6.45, 7) is 1.94. The van der Waals surface area contributed by atoms with Gasteiger partial charge in [0.1, 0.15) is 6.54 Å². The number of fused-ring (bicyclic) bond motifs is 1. The summed E-state index contributed by atoms with van der Waals surface area (Å²) in [5.74, 6) is -1.09. The lowest BCUT2D eigenvalue weighted by molar-refractivity contribution is -0.384. The molecule has 0 spiro atoms. The van der Waals surface area contributed by atoms with Gasteiger partial charge in [0.2, 0.25) is 5.91 Å². The van der Waals surface area contributed by atoms with E-state index < -0.39 is 28.5 Å². The molecule has 0 aliphatic carbocycles. The number of rotatable bonds is 7. The maximum absolute atomic E-state index is 13.2. The second kappa shape index (κ2) is 10.8. The molecule has 1 N–H and O–H groups in total. The lowest BCUT2D eigenvalue weighted by Crippen LogP contribution is -2.36. The van der Waals surface area contributed by atoms with Crippen molar-refractivity contribution in [2.75, 3.05) is 11.9 Å². The van der Waals surface area contributed by atoms with Crippen molar-refractivity contribution in [1.82, 2.24) is 9.47 Å². The van der Waals surface area contributed by atoms with Crippen LogP contribution in [0.2, 0.25) is 5.02 Å². The Bertz CT molecular complexity index is 1680. The smallest absolute Gasteiger partial charge is 0.294 e. The maximum atomic E-state index is 13.2. The third-order valence-electron chi connectivity index (χ3n) is 6.37. The first-order valence-corrected chi connectivity index (χ1v) is 13.0. The highest BCUT2D eigenvalue weighted by Gasteiger charge is 2.36. The van der Waals surface area contributed by atoms with Gasteiger partial charge in [0.15, 0.2) is 0 Å². The molecule has 3 amide bonds. The van der Waals surface area contributed by atoms with E-state index in [4.69, 9.17) is 11.6 Å². The molecule has 196 valence electrons. The average Bonchev–Trinajstić information content (AvgIpc) is 3.33. The van der Waals surface area contributed by atoms with Crippen LogP contribution in [-0.2, 0) is 16.1 Å². The van der Waals surface area contributed by atoms with E-state index in [9.17, 15) is 24.5 Å². The number of hydrogen-bond donors (Lipinski definition) is 1. The minimum Gasteiger partial charge on any atom is -0.340 e. The Hall–Kier alpha value is -4.41. The van der Waals surface area contributed by atoms with Crippen LogP contribution in [0.3, 0.4) is 0 Å². The third-order valence-corrected chi connectivity index (χ3v) is 7.60. The fraction of sp³-hybridized carbons (Fsp3) is 0.107. The van der Waals surface area contributed by atoms with Gasteiger partial charge in [0.25, 0.3) is 16.8 Å². The predicted molar refractivity (Wildman–Crippen MR) is 152 cm³/mol. The van der Waals surface area contributed by atoms with E-state index in [0.29, 0.717) is 17.3 Å². The normalized spacial score (nSPS) is 14.4. The molecule has 1 fully saturated rings. The first kappa shape index (κ1) is 26.2. The van der Waals surface area contributed by atoms with E-state index in [1.807, 2.05) is 31.2 Å². The summed E-state index contributed by atoms with van der Waals surface area (Å²) in [4.78, 5) is 50.1. The van der Waals surface area contributed by atoms with Gasteiger partial charge in [-0.1, -0.05) is 54.1 Å². The van der Waals surface area contributed by atoms with E-state index in [2.05, 4.69) is 9.88 Å². The van der Waals surface area contributed by atoms with Crippen LogP contribution in [0, 0.1) is 17.0 Å². The number of nitro benzene ring substituents is 1. The number of nitro groups is 1. The highest BCUT2D eigenvalue weighted by Crippen LogP contribution is 2.36. The Morgan fingerprint density at radius 3 is 2.46 bits per heavy atom. The van der Waals surface area contributed by atoms with Crippen molar-refractivity contribution in [3.8, 4) is 0 Å². The molecular weight excluding hydrogens is 540 g/mol. The predicted octanol–water partition coefficient (Wildman–Crippen LogP) is 6.23. The van der Waals surface area contributed by atoms with Gasteiger partial charge in [0, 0.05) is 40.8 Å². The molecule has 39 heavy (non-hydrogen) atoms. The Morgan fingerprint density at radius 2 is 1.74 bits per heavy atom. The number of non-ortho nitro benzene ring substituents is 1. The minimum absolute atomic E-state index is 0.0183. The van der Waals surface area contributed by atoms with Crippen LogP contribution in [0.5, 0.6) is 0 Å². The summed E-state index contributed by atoms with van der Waals surface area (Å²) in [6, 6.07) is 20.7. The second-order valence-corrected chi connectivity index (χ2v) is 10.2. The lowest BCUT2D eigenvalue weighted by atomic mass is 10.1. The van der Waals surface area contributed by atoms with Crippen molar-refractivity contribution in [1.29, 1.82) is 0 Å². The number of halogens is 1. The zero-order valence-corrected chi connectivity index (χ0v) is 22.2. The first-order valence-electron chi connectivity index (χ1n) is 11.8. The monoisotopic (exact) mass is 560 g/mol. The van der Waals surface area contributed by atoms with Crippen molar-refractivity contribution >= 4 is 68.8 Å². The van der Waals surface area contributed by atoms with Crippen LogP contribution in [-0.4, -0.2) is 38.0 Å². The van der Waals surface area contributed by atoms with Crippen LogP contribution in [0.4, 0.5) is 16.2 Å². The number of nitrogens with one attached hydrogen (secondary N) is 1. The van der Waals surface area contributed by atoms with Crippen LogP contribution in [0.15, 0.2) is 77.7 Å². The van der Waals surface area contributed by atoms with Crippen LogP contribution in [0.1, 0.15) is 16.8 Å². The number of aromatic nitrogens is 1. The molecule has 1 aliphatic heterocycles. The fourth-order valence-electron chi connectivity index (χ4n) is 4.41. The highest BCUT2D eigenvalue weighted by molar-refractivity contribution is 8.18. The molecule has 5 rings (SSSR count). The van der Waals surface area contributed by atoms with E-state index >= 15 is 0 Å². The van der Waals surface area contributed by atoms with E-state index in [-0.39, 0.29) is 10.6 Å². The molecule has 1 aliphatic rings. The van der Waals surface area contributed by atoms with Gasteiger partial charge < -0.3 is 9.88 Å². The molecule has 0 saturated carbocycles. The minimum atomic E-state index is -0.550. The molecule has 1 aromatic heterocycles. The van der Waals surface area contributed by atoms with Crippen molar-refractivity contribution < 1.29 is 19.3 Å². The van der Waals surface area contributed by atoms with Gasteiger partial charge in [0.05, 0.1) is 20.5 Å². The van der Waals surface area contributed by atoms with Crippen LogP contribution >= 0.6 is 23.4 Å². The average molecular weight is 561 g/mol. The number of carbonyl (C=O) groups excluding carboxylic acids is 3. The van der Waals surface area contributed by atoms with Crippen LogP contribution < -0.4 is 5.32 Å². The van der Waals surface area contributed by atoms with Gasteiger partial charge >= 0.3 is 0 Å².